The largest absolute Gasteiger partial charge is 0.496 e. The summed E-state index contributed by atoms with van der Waals surface area (Å²) in [5.41, 5.74) is 0.755. The zero-order chi connectivity index (χ0) is 17.5. The fourth-order valence-corrected chi connectivity index (χ4v) is 4.82. The van der Waals surface area contributed by atoms with Gasteiger partial charge >= 0.3 is 0 Å². The van der Waals surface area contributed by atoms with Gasteiger partial charge in [-0.2, -0.15) is 4.31 Å². The first-order chi connectivity index (χ1) is 11.3. The predicted molar refractivity (Wildman–Crippen MR) is 87.4 cm³/mol. The highest BCUT2D eigenvalue weighted by molar-refractivity contribution is 7.89. The van der Waals surface area contributed by atoms with E-state index < -0.39 is 15.9 Å². The van der Waals surface area contributed by atoms with E-state index in [1.165, 1.54) is 4.31 Å². The van der Waals surface area contributed by atoms with Crippen LogP contribution in [0.5, 0.6) is 5.75 Å². The van der Waals surface area contributed by atoms with Gasteiger partial charge in [0, 0.05) is 20.1 Å². The van der Waals surface area contributed by atoms with E-state index in [4.69, 9.17) is 9.47 Å². The molecule has 2 fully saturated rings. The molecule has 0 radical (unpaired) electrons. The van der Waals surface area contributed by atoms with Crippen LogP contribution in [0.2, 0.25) is 0 Å². The van der Waals surface area contributed by atoms with Crippen LogP contribution in [-0.4, -0.2) is 70.0 Å². The van der Waals surface area contributed by atoms with Crippen LogP contribution >= 0.6 is 0 Å². The molecule has 0 N–H and O–H groups in total. The highest BCUT2D eigenvalue weighted by Gasteiger charge is 2.41. The van der Waals surface area contributed by atoms with E-state index >= 15 is 0 Å². The molecule has 0 aromatic heterocycles. The lowest BCUT2D eigenvalue weighted by Crippen LogP contribution is -2.45. The van der Waals surface area contributed by atoms with Crippen molar-refractivity contribution in [2.24, 2.45) is 5.92 Å². The predicted octanol–water partition coefficient (Wildman–Crippen LogP) is 0.481. The third kappa shape index (κ3) is 2.89. The number of rotatable bonds is 3. The second-order valence-corrected chi connectivity index (χ2v) is 8.23. The number of carbonyl (C=O) groups excluding carboxylic acids is 1. The maximum absolute atomic E-state index is 13.1. The molecule has 1 aromatic carbocycles. The number of sulfonamides is 1. The third-order valence-corrected chi connectivity index (χ3v) is 6.54. The molecule has 2 atom stereocenters. The molecule has 1 amide bonds. The Morgan fingerprint density at radius 2 is 2.00 bits per heavy atom. The first-order valence-electron chi connectivity index (χ1n) is 7.84. The van der Waals surface area contributed by atoms with Crippen LogP contribution in [0.25, 0.3) is 0 Å². The molecule has 132 valence electrons. The molecule has 3 rings (SSSR count). The van der Waals surface area contributed by atoms with E-state index in [2.05, 4.69) is 0 Å². The molecule has 2 aliphatic rings. The molecule has 2 aliphatic heterocycles. The van der Waals surface area contributed by atoms with Crippen molar-refractivity contribution in [3.63, 3.8) is 0 Å². The minimum absolute atomic E-state index is 0.0545. The molecule has 24 heavy (non-hydrogen) atoms. The van der Waals surface area contributed by atoms with Crippen LogP contribution in [0.3, 0.4) is 0 Å². The highest BCUT2D eigenvalue weighted by Crippen LogP contribution is 2.27. The lowest BCUT2D eigenvalue weighted by Gasteiger charge is -2.28. The lowest BCUT2D eigenvalue weighted by atomic mass is 10.1. The quantitative estimate of drug-likeness (QED) is 0.789. The van der Waals surface area contributed by atoms with E-state index in [-0.39, 0.29) is 36.5 Å². The smallest absolute Gasteiger partial charge is 0.243 e. The summed E-state index contributed by atoms with van der Waals surface area (Å²) < 4.78 is 38.2. The Kier molecular flexibility index (Phi) is 4.54. The zero-order valence-corrected chi connectivity index (χ0v) is 14.9. The molecule has 2 heterocycles. The number of carbonyl (C=O) groups is 1. The van der Waals surface area contributed by atoms with Crippen molar-refractivity contribution in [2.45, 2.75) is 17.9 Å². The molecule has 8 heteroatoms. The van der Waals surface area contributed by atoms with Crippen LogP contribution in [0.4, 0.5) is 0 Å². The number of fused-ring (bicyclic) bond motifs is 3. The lowest BCUT2D eigenvalue weighted by molar-refractivity contribution is -0.133. The van der Waals surface area contributed by atoms with Gasteiger partial charge in [-0.3, -0.25) is 4.79 Å². The fraction of sp³-hybridized carbons (Fsp3) is 0.562. The summed E-state index contributed by atoms with van der Waals surface area (Å²) in [6.45, 7) is 2.80. The van der Waals surface area contributed by atoms with Gasteiger partial charge in [0.05, 0.1) is 37.2 Å². The van der Waals surface area contributed by atoms with Crippen molar-refractivity contribution < 1.29 is 22.7 Å². The zero-order valence-electron chi connectivity index (χ0n) is 14.1. The number of methoxy groups -OCH3 is 1. The molecule has 1 aromatic rings. The topological polar surface area (TPSA) is 76.2 Å². The maximum atomic E-state index is 13.1. The van der Waals surface area contributed by atoms with Gasteiger partial charge in [0.2, 0.25) is 15.9 Å². The average Bonchev–Trinajstić information content (AvgIpc) is 2.72. The van der Waals surface area contributed by atoms with E-state index in [1.807, 2.05) is 0 Å². The Hall–Kier alpha value is -1.64. The standard InChI is InChI=1S/C16H22N2O5S/c1-11-6-14(4-5-15(11)22-3)24(20,21)18-7-12-9-23-10-13(8-18)17(2)16(12)19/h4-6,12-13H,7-10H2,1-3H3/t12-,13+/m1/s1. The van der Waals surface area contributed by atoms with Crippen molar-refractivity contribution in [1.82, 2.24) is 9.21 Å². The summed E-state index contributed by atoms with van der Waals surface area (Å²) in [4.78, 5) is 14.2. The van der Waals surface area contributed by atoms with Gasteiger partial charge in [0.25, 0.3) is 0 Å². The van der Waals surface area contributed by atoms with E-state index in [9.17, 15) is 13.2 Å². The van der Waals surface area contributed by atoms with Crippen molar-refractivity contribution in [2.75, 3.05) is 40.5 Å². The highest BCUT2D eigenvalue weighted by atomic mass is 32.2. The minimum atomic E-state index is -3.68. The van der Waals surface area contributed by atoms with Gasteiger partial charge in [-0.15, -0.1) is 0 Å². The number of nitrogens with zero attached hydrogens (tertiary/aromatic N) is 2. The average molecular weight is 354 g/mol. The van der Waals surface area contributed by atoms with Crippen molar-refractivity contribution in [3.05, 3.63) is 23.8 Å². The third-order valence-electron chi connectivity index (χ3n) is 4.72. The van der Waals surface area contributed by atoms with Crippen molar-refractivity contribution in [1.29, 1.82) is 0 Å². The maximum Gasteiger partial charge on any atom is 0.243 e. The van der Waals surface area contributed by atoms with Crippen LogP contribution in [0.1, 0.15) is 5.56 Å². The Bertz CT molecular complexity index is 749. The number of aryl methyl sites for hydroxylation is 1. The molecule has 0 unspecified atom stereocenters. The summed E-state index contributed by atoms with van der Waals surface area (Å²) in [6, 6.07) is 4.54. The van der Waals surface area contributed by atoms with Crippen LogP contribution in [0.15, 0.2) is 23.1 Å². The number of hydrogen-bond acceptors (Lipinski definition) is 5. The number of ether oxygens (including phenoxy) is 2. The van der Waals surface area contributed by atoms with Crippen molar-refractivity contribution in [3.8, 4) is 5.75 Å². The van der Waals surface area contributed by atoms with Gasteiger partial charge in [-0.05, 0) is 30.7 Å². The Morgan fingerprint density at radius 1 is 1.25 bits per heavy atom. The molecule has 0 saturated carbocycles. The second-order valence-electron chi connectivity index (χ2n) is 6.29. The number of benzene rings is 1. The fourth-order valence-electron chi connectivity index (χ4n) is 3.22. The normalized spacial score (nSPS) is 25.5. The molecule has 2 bridgehead atoms. The molecular weight excluding hydrogens is 332 g/mol. The summed E-state index contributed by atoms with van der Waals surface area (Å²) in [5.74, 6) is 0.128. The Morgan fingerprint density at radius 3 is 2.67 bits per heavy atom. The summed E-state index contributed by atoms with van der Waals surface area (Å²) in [5, 5.41) is 0. The minimum Gasteiger partial charge on any atom is -0.496 e. The van der Waals surface area contributed by atoms with Gasteiger partial charge < -0.3 is 14.4 Å². The molecule has 7 nitrogen and oxygen atoms in total. The number of amides is 1. The SMILES string of the molecule is COc1ccc(S(=O)(=O)N2C[C@@H]3COC[C@H](C2)N(C)C3=O)cc1C. The van der Waals surface area contributed by atoms with Gasteiger partial charge in [0.1, 0.15) is 5.75 Å². The summed E-state index contributed by atoms with van der Waals surface area (Å²) in [7, 11) is -0.418. The van der Waals surface area contributed by atoms with E-state index in [1.54, 1.807) is 44.2 Å². The van der Waals surface area contributed by atoms with Crippen molar-refractivity contribution >= 4 is 15.9 Å². The monoisotopic (exact) mass is 354 g/mol. The second kappa shape index (κ2) is 6.34. The summed E-state index contributed by atoms with van der Waals surface area (Å²) >= 11 is 0. The Labute approximate surface area is 142 Å². The van der Waals surface area contributed by atoms with Gasteiger partial charge in [-0.25, -0.2) is 8.42 Å². The van der Waals surface area contributed by atoms with E-state index in [0.717, 1.165) is 5.56 Å². The molecular formula is C16H22N2O5S. The number of likely N-dealkylation sites (N-methyl/N-ethyl adjacent to an activating group) is 1. The van der Waals surface area contributed by atoms with Gasteiger partial charge in [0.15, 0.2) is 0 Å². The van der Waals surface area contributed by atoms with E-state index in [0.29, 0.717) is 12.4 Å². The van der Waals surface area contributed by atoms with Crippen LogP contribution in [-0.2, 0) is 19.6 Å². The molecule has 0 aliphatic carbocycles. The molecule has 2 saturated heterocycles. The summed E-state index contributed by atoms with van der Waals surface area (Å²) in [6.07, 6.45) is 0. The first kappa shape index (κ1) is 17.2. The Balaban J connectivity index is 1.95. The van der Waals surface area contributed by atoms with Gasteiger partial charge in [-0.1, -0.05) is 0 Å². The number of hydrogen-bond donors (Lipinski definition) is 0. The van der Waals surface area contributed by atoms with Crippen LogP contribution < -0.4 is 4.74 Å². The first-order valence-corrected chi connectivity index (χ1v) is 9.28. The van der Waals surface area contributed by atoms with Crippen LogP contribution in [0, 0.1) is 12.8 Å². The molecule has 0 spiro atoms.